The number of nitrogens with zero attached hydrogens (tertiary/aromatic N) is 4. The van der Waals surface area contributed by atoms with Crippen LogP contribution in [0.25, 0.3) is 0 Å². The second-order valence-electron chi connectivity index (χ2n) is 5.90. The highest BCUT2D eigenvalue weighted by atomic mass is 32.2. The van der Waals surface area contributed by atoms with Gasteiger partial charge in [-0.2, -0.15) is 0 Å². The van der Waals surface area contributed by atoms with E-state index in [1.807, 2.05) is 11.9 Å². The number of hydrogen-bond donors (Lipinski definition) is 1. The van der Waals surface area contributed by atoms with Gasteiger partial charge in [-0.15, -0.1) is 5.10 Å². The van der Waals surface area contributed by atoms with Gasteiger partial charge in [0.1, 0.15) is 7.85 Å². The Morgan fingerprint density at radius 3 is 2.52 bits per heavy atom. The Balaban J connectivity index is 1.66. The lowest BCUT2D eigenvalue weighted by atomic mass is 10.0. The number of hydrogen-bond acceptors (Lipinski definition) is 8. The third-order valence-electron chi connectivity index (χ3n) is 3.97. The molecule has 1 aromatic heterocycles. The van der Waals surface area contributed by atoms with Gasteiger partial charge in [-0.05, 0) is 7.05 Å². The normalized spacial score (nSPS) is 17.8. The molecule has 1 saturated heterocycles. The van der Waals surface area contributed by atoms with Gasteiger partial charge in [-0.1, -0.05) is 5.21 Å². The highest BCUT2D eigenvalue weighted by Crippen LogP contribution is 2.06. The topological polar surface area (TPSA) is 98.6 Å². The first kappa shape index (κ1) is 20.3. The summed E-state index contributed by atoms with van der Waals surface area (Å²) in [5, 5.41) is 11.2. The fourth-order valence-electron chi connectivity index (χ4n) is 2.40. The van der Waals surface area contributed by atoms with E-state index in [1.54, 1.807) is 4.68 Å². The molecule has 1 aliphatic heterocycles. The van der Waals surface area contributed by atoms with Crippen molar-refractivity contribution in [1.82, 2.24) is 25.2 Å². The van der Waals surface area contributed by atoms with Crippen LogP contribution in [-0.2, 0) is 32.4 Å². The predicted molar refractivity (Wildman–Crippen MR) is 94.9 cm³/mol. The number of sulfone groups is 1. The maximum absolute atomic E-state index is 11.5. The van der Waals surface area contributed by atoms with Crippen molar-refractivity contribution in [2.24, 2.45) is 0 Å². The van der Waals surface area contributed by atoms with Crippen molar-refractivity contribution in [3.05, 3.63) is 5.69 Å². The highest BCUT2D eigenvalue weighted by Gasteiger charge is 2.22. The Labute approximate surface area is 150 Å². The largest absolute Gasteiger partial charge is 0.378 e. The molecule has 2 radical (unpaired) electrons. The molecule has 0 bridgehead atoms. The monoisotopic (exact) mass is 371 g/mol. The van der Waals surface area contributed by atoms with Crippen molar-refractivity contribution in [2.45, 2.75) is 13.1 Å². The van der Waals surface area contributed by atoms with E-state index < -0.39 is 9.84 Å². The molecule has 0 aliphatic carbocycles. The van der Waals surface area contributed by atoms with Gasteiger partial charge < -0.3 is 14.8 Å². The molecule has 25 heavy (non-hydrogen) atoms. The zero-order valence-electron chi connectivity index (χ0n) is 14.7. The van der Waals surface area contributed by atoms with Gasteiger partial charge in [-0.25, -0.2) is 8.42 Å². The van der Waals surface area contributed by atoms with E-state index in [2.05, 4.69) is 15.6 Å². The molecule has 1 aromatic rings. The predicted octanol–water partition coefficient (Wildman–Crippen LogP) is -2.45. The van der Waals surface area contributed by atoms with Crippen molar-refractivity contribution in [3.63, 3.8) is 0 Å². The van der Waals surface area contributed by atoms with Crippen LogP contribution in [-0.4, -0.2) is 101 Å². The van der Waals surface area contributed by atoms with E-state index in [4.69, 9.17) is 17.3 Å². The molecule has 2 heterocycles. The van der Waals surface area contributed by atoms with E-state index in [0.29, 0.717) is 63.9 Å². The number of rotatable bonds is 11. The summed E-state index contributed by atoms with van der Waals surface area (Å²) in [6.45, 7) is 5.08. The second-order valence-corrected chi connectivity index (χ2v) is 8.20. The summed E-state index contributed by atoms with van der Waals surface area (Å²) >= 11 is 0. The maximum atomic E-state index is 11.5. The first-order valence-electron chi connectivity index (χ1n) is 8.42. The van der Waals surface area contributed by atoms with Crippen LogP contribution in [0, 0.1) is 0 Å². The molecule has 0 aromatic carbocycles. The summed E-state index contributed by atoms with van der Waals surface area (Å²) in [7, 11) is 5.07. The van der Waals surface area contributed by atoms with Crippen molar-refractivity contribution < 1.29 is 17.9 Å². The number of likely N-dealkylation sites (N-methyl/N-ethyl adjacent to an activating group) is 1. The molecule has 0 atom stereocenters. The van der Waals surface area contributed by atoms with Crippen molar-refractivity contribution >= 4 is 23.3 Å². The average molecular weight is 371 g/mol. The first-order valence-corrected chi connectivity index (χ1v) is 10.2. The first-order chi connectivity index (χ1) is 12.0. The van der Waals surface area contributed by atoms with Crippen molar-refractivity contribution in [2.75, 3.05) is 64.6 Å². The number of ether oxygens (including phenoxy) is 2. The molecule has 11 heteroatoms. The summed E-state index contributed by atoms with van der Waals surface area (Å²) in [4.78, 5) is 2.03. The lowest BCUT2D eigenvalue weighted by Crippen LogP contribution is -2.40. The van der Waals surface area contributed by atoms with Crippen LogP contribution in [0.5, 0.6) is 0 Å². The Morgan fingerprint density at radius 2 is 1.84 bits per heavy atom. The average Bonchev–Trinajstić information content (AvgIpc) is 2.92. The summed E-state index contributed by atoms with van der Waals surface area (Å²) in [5.41, 5.74) is 1.18. The minimum atomic E-state index is -2.88. The van der Waals surface area contributed by atoms with E-state index in [0.717, 1.165) is 6.54 Å². The highest BCUT2D eigenvalue weighted by molar-refractivity contribution is 7.91. The van der Waals surface area contributed by atoms with Crippen LogP contribution in [0.2, 0.25) is 0 Å². The molecule has 1 fully saturated rings. The standard InChI is InChI=1S/C14H26BN5O4S/c1-16-2-6-23-8-9-24-7-3-20-14(15)13(17-18-20)12-19-4-10-25(21,22)11-5-19/h16H,2-12H2,1H3. The zero-order chi connectivity index (χ0) is 18.1. The third kappa shape index (κ3) is 7.02. The third-order valence-corrected chi connectivity index (χ3v) is 5.58. The molecular weight excluding hydrogens is 345 g/mol. The Morgan fingerprint density at radius 1 is 1.16 bits per heavy atom. The SMILES string of the molecule is [B]c1c(CN2CCS(=O)(=O)CC2)nnn1CCOCCOCCNC. The smallest absolute Gasteiger partial charge is 0.152 e. The van der Waals surface area contributed by atoms with Gasteiger partial charge in [0.05, 0.1) is 50.2 Å². The molecule has 140 valence electrons. The van der Waals surface area contributed by atoms with Gasteiger partial charge in [0.25, 0.3) is 0 Å². The Hall–Kier alpha value is -1.01. The maximum Gasteiger partial charge on any atom is 0.152 e. The van der Waals surface area contributed by atoms with Gasteiger partial charge in [-0.3, -0.25) is 9.58 Å². The minimum absolute atomic E-state index is 0.186. The molecule has 0 saturated carbocycles. The summed E-state index contributed by atoms with van der Waals surface area (Å²) in [6.07, 6.45) is 0. The van der Waals surface area contributed by atoms with Crippen LogP contribution in [0.3, 0.4) is 0 Å². The minimum Gasteiger partial charge on any atom is -0.378 e. The van der Waals surface area contributed by atoms with Crippen LogP contribution in [0.4, 0.5) is 0 Å². The van der Waals surface area contributed by atoms with Crippen molar-refractivity contribution in [3.8, 4) is 0 Å². The summed E-state index contributed by atoms with van der Waals surface area (Å²) in [6, 6.07) is 0. The van der Waals surface area contributed by atoms with Gasteiger partial charge in [0.15, 0.2) is 9.84 Å². The summed E-state index contributed by atoms with van der Waals surface area (Å²) in [5.74, 6) is 0.372. The molecule has 0 unspecified atom stereocenters. The lowest BCUT2D eigenvalue weighted by molar-refractivity contribution is 0.0455. The molecule has 1 N–H and O–H groups in total. The van der Waals surface area contributed by atoms with Gasteiger partial charge in [0, 0.05) is 31.8 Å². The Bertz CT molecular complexity index is 611. The van der Waals surface area contributed by atoms with Crippen molar-refractivity contribution in [1.29, 1.82) is 0 Å². The molecule has 0 amide bonds. The van der Waals surface area contributed by atoms with E-state index in [-0.39, 0.29) is 11.5 Å². The van der Waals surface area contributed by atoms with Crippen LogP contribution < -0.4 is 10.9 Å². The molecular formula is C14H26BN5O4S. The fourth-order valence-corrected chi connectivity index (χ4v) is 3.68. The van der Waals surface area contributed by atoms with E-state index >= 15 is 0 Å². The van der Waals surface area contributed by atoms with Gasteiger partial charge >= 0.3 is 0 Å². The van der Waals surface area contributed by atoms with Crippen LogP contribution in [0.15, 0.2) is 0 Å². The molecule has 1 aliphatic rings. The number of nitrogens with one attached hydrogen (secondary N) is 1. The van der Waals surface area contributed by atoms with E-state index in [9.17, 15) is 8.42 Å². The van der Waals surface area contributed by atoms with Gasteiger partial charge in [0.2, 0.25) is 0 Å². The molecule has 9 nitrogen and oxygen atoms in total. The van der Waals surface area contributed by atoms with E-state index in [1.165, 1.54) is 0 Å². The van der Waals surface area contributed by atoms with Crippen LogP contribution in [0.1, 0.15) is 5.69 Å². The second kappa shape index (κ2) is 10.2. The summed E-state index contributed by atoms with van der Waals surface area (Å²) < 4.78 is 35.4. The quantitative estimate of drug-likeness (QED) is 0.338. The molecule has 0 spiro atoms. The molecule has 2 rings (SSSR count). The Kier molecular flexibility index (Phi) is 8.30. The zero-order valence-corrected chi connectivity index (χ0v) is 15.5. The fraction of sp³-hybridized carbons (Fsp3) is 0.857. The lowest BCUT2D eigenvalue weighted by Gasteiger charge is -2.25. The number of aromatic nitrogens is 3. The van der Waals surface area contributed by atoms with Crippen LogP contribution >= 0.6 is 0 Å².